The fourth-order valence-corrected chi connectivity index (χ4v) is 1.43. The Labute approximate surface area is 134 Å². The van der Waals surface area contributed by atoms with Crippen molar-refractivity contribution in [2.24, 2.45) is 5.73 Å². The molecule has 7 nitrogen and oxygen atoms in total. The molecule has 0 aliphatic carbocycles. The van der Waals surface area contributed by atoms with Gasteiger partial charge in [0, 0.05) is 6.08 Å². The number of nitrogens with two attached hydrogens (primary N) is 1. The van der Waals surface area contributed by atoms with E-state index in [4.69, 9.17) is 10.5 Å². The molecule has 0 saturated carbocycles. The summed E-state index contributed by atoms with van der Waals surface area (Å²) in [6, 6.07) is 3.63. The number of esters is 1. The lowest BCUT2D eigenvalue weighted by atomic mass is 10.2. The lowest BCUT2D eigenvalue weighted by molar-refractivity contribution is -0.274. The summed E-state index contributed by atoms with van der Waals surface area (Å²) in [6.07, 6.45) is -3.81. The van der Waals surface area contributed by atoms with E-state index in [1.807, 2.05) is 0 Å². The van der Waals surface area contributed by atoms with E-state index in [-0.39, 0.29) is 0 Å². The number of primary amides is 1. The van der Waals surface area contributed by atoms with Gasteiger partial charge < -0.3 is 15.2 Å². The summed E-state index contributed by atoms with van der Waals surface area (Å²) in [5.74, 6) is -2.19. The number of ether oxygens (including phenoxy) is 2. The van der Waals surface area contributed by atoms with Crippen molar-refractivity contribution in [2.75, 3.05) is 0 Å². The van der Waals surface area contributed by atoms with Crippen molar-refractivity contribution in [2.45, 2.75) is 19.4 Å². The van der Waals surface area contributed by atoms with Crippen LogP contribution < -0.4 is 15.8 Å². The van der Waals surface area contributed by atoms with Crippen LogP contribution in [0.25, 0.3) is 6.08 Å². The third-order valence-electron chi connectivity index (χ3n) is 2.43. The summed E-state index contributed by atoms with van der Waals surface area (Å²) < 4.78 is 44.4. The summed E-state index contributed by atoms with van der Waals surface area (Å²) in [6.45, 7) is 1.23. The van der Waals surface area contributed by atoms with Crippen LogP contribution in [0.4, 0.5) is 18.0 Å². The fourth-order valence-electron chi connectivity index (χ4n) is 1.43. The second-order valence-corrected chi connectivity index (χ2v) is 4.38. The topological polar surface area (TPSA) is 108 Å². The normalized spacial score (nSPS) is 12.5. The summed E-state index contributed by atoms with van der Waals surface area (Å²) in [4.78, 5) is 33.3. The summed E-state index contributed by atoms with van der Waals surface area (Å²) in [7, 11) is 0. The molecule has 24 heavy (non-hydrogen) atoms. The molecule has 0 spiro atoms. The number of carbonyl (C=O) groups excluding carboxylic acids is 3. The van der Waals surface area contributed by atoms with Crippen molar-refractivity contribution in [3.63, 3.8) is 0 Å². The van der Waals surface area contributed by atoms with Crippen molar-refractivity contribution in [1.29, 1.82) is 0 Å². The van der Waals surface area contributed by atoms with Crippen LogP contribution in [0.2, 0.25) is 0 Å². The van der Waals surface area contributed by atoms with E-state index in [1.165, 1.54) is 25.1 Å². The van der Waals surface area contributed by atoms with E-state index in [0.29, 0.717) is 5.56 Å². The number of benzene rings is 1. The second-order valence-electron chi connectivity index (χ2n) is 4.38. The zero-order valence-electron chi connectivity index (χ0n) is 12.3. The number of rotatable bonds is 5. The minimum atomic E-state index is -4.79. The number of alkyl halides is 3. The van der Waals surface area contributed by atoms with Crippen molar-refractivity contribution in [3.05, 3.63) is 35.9 Å². The Bertz CT molecular complexity index is 641. The third-order valence-corrected chi connectivity index (χ3v) is 2.43. The molecule has 0 saturated heterocycles. The molecule has 0 fully saturated rings. The molecule has 0 aliphatic rings. The maximum absolute atomic E-state index is 12.0. The average Bonchev–Trinajstić information content (AvgIpc) is 2.44. The first-order valence-electron chi connectivity index (χ1n) is 6.41. The van der Waals surface area contributed by atoms with Crippen LogP contribution in [0.5, 0.6) is 5.75 Å². The van der Waals surface area contributed by atoms with Crippen LogP contribution in [0, 0.1) is 0 Å². The van der Waals surface area contributed by atoms with E-state index < -0.39 is 36.1 Å². The van der Waals surface area contributed by atoms with Crippen LogP contribution in [0.1, 0.15) is 12.5 Å². The van der Waals surface area contributed by atoms with E-state index >= 15 is 0 Å². The summed E-state index contributed by atoms with van der Waals surface area (Å²) in [5.41, 5.74) is 5.14. The van der Waals surface area contributed by atoms with Gasteiger partial charge in [-0.3, -0.25) is 10.1 Å². The van der Waals surface area contributed by atoms with E-state index in [9.17, 15) is 27.6 Å². The van der Waals surface area contributed by atoms with Gasteiger partial charge >= 0.3 is 18.4 Å². The smallest absolute Gasteiger partial charge is 0.449 e. The highest BCUT2D eigenvalue weighted by Crippen LogP contribution is 2.22. The molecule has 0 aliphatic heterocycles. The number of imide groups is 1. The molecule has 0 aromatic heterocycles. The molecule has 3 N–H and O–H groups in total. The van der Waals surface area contributed by atoms with Gasteiger partial charge in [-0.25, -0.2) is 9.59 Å². The van der Waals surface area contributed by atoms with E-state index in [2.05, 4.69) is 4.74 Å². The minimum absolute atomic E-state index is 0.399. The number of hydrogen-bond acceptors (Lipinski definition) is 5. The number of carbonyl (C=O) groups is 3. The number of halogens is 3. The number of urea groups is 1. The maximum atomic E-state index is 12.0. The molecule has 1 aromatic carbocycles. The highest BCUT2D eigenvalue weighted by molar-refractivity contribution is 5.97. The fraction of sp³-hybridized carbons (Fsp3) is 0.214. The van der Waals surface area contributed by atoms with E-state index in [0.717, 1.165) is 18.2 Å². The van der Waals surface area contributed by atoms with Crippen LogP contribution in [-0.2, 0) is 14.3 Å². The predicted molar refractivity (Wildman–Crippen MR) is 75.4 cm³/mol. The highest BCUT2D eigenvalue weighted by atomic mass is 19.4. The van der Waals surface area contributed by atoms with Crippen molar-refractivity contribution < 1.29 is 37.0 Å². The van der Waals surface area contributed by atoms with Gasteiger partial charge in [0.05, 0.1) is 0 Å². The molecule has 0 heterocycles. The maximum Gasteiger partial charge on any atom is 0.573 e. The standard InChI is InChI=1S/C14H13F3N2O5/c1-8(12(21)19-13(18)22)23-11(20)7-4-9-2-5-10(6-3-9)24-14(15,16)17/h2-8H,1H3,(H3,18,19,21,22)/b7-4+/t8-/m1/s1. The van der Waals surface area contributed by atoms with Crippen molar-refractivity contribution in [1.82, 2.24) is 5.32 Å². The Morgan fingerprint density at radius 2 is 1.79 bits per heavy atom. The minimum Gasteiger partial charge on any atom is -0.449 e. The van der Waals surface area contributed by atoms with Crippen molar-refractivity contribution in [3.8, 4) is 5.75 Å². The van der Waals surface area contributed by atoms with E-state index in [1.54, 1.807) is 5.32 Å². The van der Waals surface area contributed by atoms with Gasteiger partial charge in [0.25, 0.3) is 5.91 Å². The zero-order chi connectivity index (χ0) is 18.3. The third kappa shape index (κ3) is 7.29. The molecule has 1 aromatic rings. The lowest BCUT2D eigenvalue weighted by Crippen LogP contribution is -2.42. The van der Waals surface area contributed by atoms with Gasteiger partial charge in [0.1, 0.15) is 5.75 Å². The zero-order valence-corrected chi connectivity index (χ0v) is 12.3. The predicted octanol–water partition coefficient (Wildman–Crippen LogP) is 1.72. The molecule has 10 heteroatoms. The average molecular weight is 346 g/mol. The molecular formula is C14H13F3N2O5. The largest absolute Gasteiger partial charge is 0.573 e. The SMILES string of the molecule is C[C@@H](OC(=O)/C=C/c1ccc(OC(F)(F)F)cc1)C(=O)NC(N)=O. The highest BCUT2D eigenvalue weighted by Gasteiger charge is 2.30. The molecule has 0 unspecified atom stereocenters. The lowest BCUT2D eigenvalue weighted by Gasteiger charge is -2.10. The number of nitrogens with one attached hydrogen (secondary N) is 1. The quantitative estimate of drug-likeness (QED) is 0.623. The molecule has 0 bridgehead atoms. The Kier molecular flexibility index (Phi) is 6.33. The van der Waals surface area contributed by atoms with Crippen LogP contribution in [-0.4, -0.2) is 30.4 Å². The molecule has 0 radical (unpaired) electrons. The summed E-state index contributed by atoms with van der Waals surface area (Å²) >= 11 is 0. The Morgan fingerprint density at radius 1 is 1.21 bits per heavy atom. The molecular weight excluding hydrogens is 333 g/mol. The molecule has 3 amide bonds. The molecule has 1 atom stereocenters. The van der Waals surface area contributed by atoms with Crippen LogP contribution in [0.3, 0.4) is 0 Å². The Balaban J connectivity index is 2.57. The van der Waals surface area contributed by atoms with Crippen molar-refractivity contribution >= 4 is 24.0 Å². The molecule has 130 valence electrons. The first-order valence-corrected chi connectivity index (χ1v) is 6.41. The number of hydrogen-bond donors (Lipinski definition) is 2. The number of amides is 3. The second kappa shape index (κ2) is 7.99. The first kappa shape index (κ1) is 19.0. The van der Waals surface area contributed by atoms with Gasteiger partial charge in [-0.05, 0) is 30.7 Å². The monoisotopic (exact) mass is 346 g/mol. The molecule has 1 rings (SSSR count). The van der Waals surface area contributed by atoms with Crippen LogP contribution in [0.15, 0.2) is 30.3 Å². The van der Waals surface area contributed by atoms with Gasteiger partial charge in [-0.1, -0.05) is 12.1 Å². The Morgan fingerprint density at radius 3 is 2.29 bits per heavy atom. The van der Waals surface area contributed by atoms with Crippen LogP contribution >= 0.6 is 0 Å². The Hall–Kier alpha value is -3.04. The first-order chi connectivity index (χ1) is 11.1. The van der Waals surface area contributed by atoms with Gasteiger partial charge in [-0.15, -0.1) is 13.2 Å². The van der Waals surface area contributed by atoms with Gasteiger partial charge in [0.15, 0.2) is 6.10 Å². The van der Waals surface area contributed by atoms with Gasteiger partial charge in [0.2, 0.25) is 0 Å². The van der Waals surface area contributed by atoms with Gasteiger partial charge in [-0.2, -0.15) is 0 Å². The summed E-state index contributed by atoms with van der Waals surface area (Å²) in [5, 5.41) is 1.74.